The van der Waals surface area contributed by atoms with E-state index >= 15 is 0 Å². The first kappa shape index (κ1) is 14.8. The SMILES string of the molecule is CCCC(C)CNC(c1ccccc1)c1ccccc1. The van der Waals surface area contributed by atoms with Crippen LogP contribution < -0.4 is 5.32 Å². The molecular formula is C19H25N. The van der Waals surface area contributed by atoms with Gasteiger partial charge in [0.1, 0.15) is 0 Å². The van der Waals surface area contributed by atoms with Crippen molar-refractivity contribution in [1.82, 2.24) is 5.32 Å². The molecule has 20 heavy (non-hydrogen) atoms. The van der Waals surface area contributed by atoms with Crippen molar-refractivity contribution in [1.29, 1.82) is 0 Å². The van der Waals surface area contributed by atoms with Gasteiger partial charge in [0.15, 0.2) is 0 Å². The summed E-state index contributed by atoms with van der Waals surface area (Å²) in [7, 11) is 0. The fourth-order valence-electron chi connectivity index (χ4n) is 2.63. The van der Waals surface area contributed by atoms with E-state index in [2.05, 4.69) is 79.8 Å². The van der Waals surface area contributed by atoms with Gasteiger partial charge < -0.3 is 5.32 Å². The Morgan fingerprint density at radius 1 is 0.850 bits per heavy atom. The summed E-state index contributed by atoms with van der Waals surface area (Å²) >= 11 is 0. The molecule has 0 aliphatic rings. The largest absolute Gasteiger partial charge is 0.306 e. The second-order valence-electron chi connectivity index (χ2n) is 5.56. The van der Waals surface area contributed by atoms with Crippen molar-refractivity contribution in [3.05, 3.63) is 71.8 Å². The zero-order chi connectivity index (χ0) is 14.2. The maximum Gasteiger partial charge on any atom is 0.0576 e. The van der Waals surface area contributed by atoms with E-state index in [0.29, 0.717) is 0 Å². The normalized spacial score (nSPS) is 12.6. The molecule has 0 radical (unpaired) electrons. The van der Waals surface area contributed by atoms with Gasteiger partial charge in [0.05, 0.1) is 6.04 Å². The Balaban J connectivity index is 2.13. The van der Waals surface area contributed by atoms with Gasteiger partial charge in [0, 0.05) is 0 Å². The molecule has 0 aromatic heterocycles. The van der Waals surface area contributed by atoms with Crippen LogP contribution in [0.5, 0.6) is 0 Å². The van der Waals surface area contributed by atoms with Crippen molar-refractivity contribution in [3.63, 3.8) is 0 Å². The van der Waals surface area contributed by atoms with Crippen LogP contribution in [0, 0.1) is 5.92 Å². The minimum absolute atomic E-state index is 0.289. The summed E-state index contributed by atoms with van der Waals surface area (Å²) < 4.78 is 0. The van der Waals surface area contributed by atoms with Gasteiger partial charge in [-0.25, -0.2) is 0 Å². The summed E-state index contributed by atoms with van der Waals surface area (Å²) in [5.74, 6) is 0.718. The lowest BCUT2D eigenvalue weighted by Gasteiger charge is -2.22. The first-order valence-corrected chi connectivity index (χ1v) is 7.64. The Bertz CT molecular complexity index is 438. The highest BCUT2D eigenvalue weighted by Crippen LogP contribution is 2.22. The third-order valence-electron chi connectivity index (χ3n) is 3.72. The second kappa shape index (κ2) is 7.86. The highest BCUT2D eigenvalue weighted by molar-refractivity contribution is 5.31. The van der Waals surface area contributed by atoms with Gasteiger partial charge in [-0.05, 0) is 30.0 Å². The summed E-state index contributed by atoms with van der Waals surface area (Å²) in [4.78, 5) is 0. The van der Waals surface area contributed by atoms with Crippen LogP contribution in [0.4, 0.5) is 0 Å². The molecule has 1 nitrogen and oxygen atoms in total. The molecule has 2 aromatic rings. The van der Waals surface area contributed by atoms with Crippen LogP contribution in [0.2, 0.25) is 0 Å². The molecule has 0 aliphatic heterocycles. The summed E-state index contributed by atoms with van der Waals surface area (Å²) in [5.41, 5.74) is 2.67. The van der Waals surface area contributed by atoms with Crippen LogP contribution in [0.3, 0.4) is 0 Å². The summed E-state index contributed by atoms with van der Waals surface area (Å²) in [5, 5.41) is 3.74. The van der Waals surface area contributed by atoms with Gasteiger partial charge in [-0.2, -0.15) is 0 Å². The van der Waals surface area contributed by atoms with Crippen molar-refractivity contribution in [3.8, 4) is 0 Å². The van der Waals surface area contributed by atoms with Gasteiger partial charge in [-0.15, -0.1) is 0 Å². The van der Waals surface area contributed by atoms with Gasteiger partial charge in [0.2, 0.25) is 0 Å². The first-order chi connectivity index (χ1) is 9.81. The molecule has 0 amide bonds. The van der Waals surface area contributed by atoms with Crippen molar-refractivity contribution in [2.24, 2.45) is 5.92 Å². The van der Waals surface area contributed by atoms with Crippen LogP contribution in [0.15, 0.2) is 60.7 Å². The quantitative estimate of drug-likeness (QED) is 0.759. The number of rotatable bonds is 7. The molecule has 2 rings (SSSR count). The zero-order valence-electron chi connectivity index (χ0n) is 12.5. The maximum atomic E-state index is 3.74. The molecule has 0 spiro atoms. The number of benzene rings is 2. The molecule has 0 fully saturated rings. The van der Waals surface area contributed by atoms with Crippen LogP contribution in [-0.2, 0) is 0 Å². The molecule has 1 heteroatoms. The third-order valence-corrected chi connectivity index (χ3v) is 3.72. The van der Waals surface area contributed by atoms with E-state index in [1.54, 1.807) is 0 Å². The van der Waals surface area contributed by atoms with E-state index in [1.807, 2.05) is 0 Å². The Morgan fingerprint density at radius 2 is 1.35 bits per heavy atom. The number of hydrogen-bond donors (Lipinski definition) is 1. The average Bonchev–Trinajstić information content (AvgIpc) is 2.50. The van der Waals surface area contributed by atoms with Crippen LogP contribution in [0.25, 0.3) is 0 Å². The van der Waals surface area contributed by atoms with E-state index in [4.69, 9.17) is 0 Å². The highest BCUT2D eigenvalue weighted by atomic mass is 14.9. The summed E-state index contributed by atoms with van der Waals surface area (Å²) in [6.45, 7) is 5.63. The highest BCUT2D eigenvalue weighted by Gasteiger charge is 2.13. The first-order valence-electron chi connectivity index (χ1n) is 7.64. The third kappa shape index (κ3) is 4.21. The monoisotopic (exact) mass is 267 g/mol. The minimum atomic E-state index is 0.289. The van der Waals surface area contributed by atoms with E-state index < -0.39 is 0 Å². The van der Waals surface area contributed by atoms with E-state index in [9.17, 15) is 0 Å². The molecule has 0 saturated carbocycles. The van der Waals surface area contributed by atoms with Gasteiger partial charge in [-0.1, -0.05) is 80.9 Å². The molecule has 0 bridgehead atoms. The number of nitrogens with one attached hydrogen (secondary N) is 1. The van der Waals surface area contributed by atoms with Crippen LogP contribution >= 0.6 is 0 Å². The van der Waals surface area contributed by atoms with Crippen molar-refractivity contribution in [2.45, 2.75) is 32.7 Å². The molecular weight excluding hydrogens is 242 g/mol. The topological polar surface area (TPSA) is 12.0 Å². The lowest BCUT2D eigenvalue weighted by atomic mass is 9.97. The molecule has 0 aliphatic carbocycles. The lowest BCUT2D eigenvalue weighted by molar-refractivity contribution is 0.454. The maximum absolute atomic E-state index is 3.74. The van der Waals surface area contributed by atoms with Crippen molar-refractivity contribution < 1.29 is 0 Å². The van der Waals surface area contributed by atoms with Crippen LogP contribution in [-0.4, -0.2) is 6.54 Å². The van der Waals surface area contributed by atoms with Gasteiger partial charge in [-0.3, -0.25) is 0 Å². The van der Waals surface area contributed by atoms with Gasteiger partial charge in [0.25, 0.3) is 0 Å². The Hall–Kier alpha value is -1.60. The average molecular weight is 267 g/mol. The summed E-state index contributed by atoms with van der Waals surface area (Å²) in [6, 6.07) is 21.7. The van der Waals surface area contributed by atoms with Gasteiger partial charge >= 0.3 is 0 Å². The predicted molar refractivity (Wildman–Crippen MR) is 86.8 cm³/mol. The number of hydrogen-bond acceptors (Lipinski definition) is 1. The molecule has 1 atom stereocenters. The fourth-order valence-corrected chi connectivity index (χ4v) is 2.63. The summed E-state index contributed by atoms with van der Waals surface area (Å²) in [6.07, 6.45) is 2.54. The van der Waals surface area contributed by atoms with E-state index in [-0.39, 0.29) is 6.04 Å². The van der Waals surface area contributed by atoms with E-state index in [0.717, 1.165) is 12.5 Å². The fraction of sp³-hybridized carbons (Fsp3) is 0.368. The van der Waals surface area contributed by atoms with E-state index in [1.165, 1.54) is 24.0 Å². The zero-order valence-corrected chi connectivity index (χ0v) is 12.5. The molecule has 1 unspecified atom stereocenters. The lowest BCUT2D eigenvalue weighted by Crippen LogP contribution is -2.27. The molecule has 106 valence electrons. The minimum Gasteiger partial charge on any atom is -0.306 e. The predicted octanol–water partition coefficient (Wildman–Crippen LogP) is 4.80. The molecule has 1 N–H and O–H groups in total. The Morgan fingerprint density at radius 3 is 1.80 bits per heavy atom. The smallest absolute Gasteiger partial charge is 0.0576 e. The standard InChI is InChI=1S/C19H25N/c1-3-10-16(2)15-20-19(17-11-6-4-7-12-17)18-13-8-5-9-14-18/h4-9,11-14,16,19-20H,3,10,15H2,1-2H3. The Kier molecular flexibility index (Phi) is 5.82. The van der Waals surface area contributed by atoms with Crippen molar-refractivity contribution >= 4 is 0 Å². The molecule has 0 saturated heterocycles. The van der Waals surface area contributed by atoms with Crippen molar-refractivity contribution in [2.75, 3.05) is 6.54 Å². The second-order valence-corrected chi connectivity index (χ2v) is 5.56. The van der Waals surface area contributed by atoms with Crippen LogP contribution in [0.1, 0.15) is 43.9 Å². The Labute approximate surface area is 123 Å². The molecule has 2 aromatic carbocycles. The molecule has 0 heterocycles.